The minimum Gasteiger partial charge on any atom is -0.443 e. The van der Waals surface area contributed by atoms with E-state index in [0.717, 1.165) is 11.1 Å². The number of carbonyl (C=O) groups is 1. The molecule has 1 aliphatic heterocycles. The smallest absolute Gasteiger partial charge is 0.410 e. The van der Waals surface area contributed by atoms with Crippen molar-refractivity contribution in [3.05, 3.63) is 29.3 Å². The van der Waals surface area contributed by atoms with Crippen molar-refractivity contribution < 1.29 is 17.9 Å². The second-order valence-electron chi connectivity index (χ2n) is 4.98. The average Bonchev–Trinajstić information content (AvgIpc) is 2.70. The molecular weight excluding hydrogens is 280 g/mol. The molecule has 1 aromatic rings. The van der Waals surface area contributed by atoms with Gasteiger partial charge in [0.15, 0.2) is 0 Å². The summed E-state index contributed by atoms with van der Waals surface area (Å²) in [6, 6.07) is 4.97. The van der Waals surface area contributed by atoms with Crippen molar-refractivity contribution in [2.75, 3.05) is 20.1 Å². The Morgan fingerprint density at radius 3 is 2.60 bits per heavy atom. The van der Waals surface area contributed by atoms with Crippen LogP contribution in [-0.4, -0.2) is 45.7 Å². The second-order valence-corrected chi connectivity index (χ2v) is 6.75. The highest BCUT2D eigenvalue weighted by atomic mass is 32.2. The van der Waals surface area contributed by atoms with Crippen LogP contribution in [0.5, 0.6) is 0 Å². The first-order valence-electron chi connectivity index (χ1n) is 6.28. The van der Waals surface area contributed by atoms with Crippen LogP contribution in [0.15, 0.2) is 23.1 Å². The summed E-state index contributed by atoms with van der Waals surface area (Å²) in [7, 11) is -1.97. The van der Waals surface area contributed by atoms with E-state index in [-0.39, 0.29) is 11.4 Å². The van der Waals surface area contributed by atoms with Crippen molar-refractivity contribution in [2.24, 2.45) is 0 Å². The molecule has 0 saturated carbocycles. The van der Waals surface area contributed by atoms with Crippen molar-refractivity contribution in [1.29, 1.82) is 0 Å². The van der Waals surface area contributed by atoms with Crippen molar-refractivity contribution in [3.63, 3.8) is 0 Å². The van der Waals surface area contributed by atoms with E-state index in [9.17, 15) is 13.2 Å². The summed E-state index contributed by atoms with van der Waals surface area (Å²) in [6.45, 7) is 4.24. The van der Waals surface area contributed by atoms with Crippen molar-refractivity contribution in [2.45, 2.75) is 24.8 Å². The van der Waals surface area contributed by atoms with Crippen LogP contribution >= 0.6 is 0 Å². The van der Waals surface area contributed by atoms with Gasteiger partial charge in [-0.05, 0) is 37.1 Å². The molecule has 1 unspecified atom stereocenters. The van der Waals surface area contributed by atoms with Crippen LogP contribution in [0.2, 0.25) is 0 Å². The van der Waals surface area contributed by atoms with Gasteiger partial charge in [-0.3, -0.25) is 0 Å². The summed E-state index contributed by atoms with van der Waals surface area (Å²) in [5.74, 6) is 0. The molecule has 1 saturated heterocycles. The zero-order valence-corrected chi connectivity index (χ0v) is 12.5. The highest BCUT2D eigenvalue weighted by Gasteiger charge is 2.29. The van der Waals surface area contributed by atoms with Gasteiger partial charge in [-0.1, -0.05) is 6.07 Å². The van der Waals surface area contributed by atoms with Crippen LogP contribution in [-0.2, 0) is 14.8 Å². The van der Waals surface area contributed by atoms with Gasteiger partial charge in [-0.25, -0.2) is 17.9 Å². The number of rotatable bonds is 4. The Morgan fingerprint density at radius 1 is 1.35 bits per heavy atom. The number of sulfonamides is 1. The molecule has 2 rings (SSSR count). The average molecular weight is 298 g/mol. The van der Waals surface area contributed by atoms with E-state index in [4.69, 9.17) is 4.74 Å². The third kappa shape index (κ3) is 3.10. The Morgan fingerprint density at radius 2 is 2.05 bits per heavy atom. The van der Waals surface area contributed by atoms with Crippen molar-refractivity contribution >= 4 is 16.1 Å². The van der Waals surface area contributed by atoms with Gasteiger partial charge in [-0.15, -0.1) is 0 Å². The number of likely N-dealkylation sites (N-methyl/N-ethyl adjacent to an activating group) is 1. The minimum absolute atomic E-state index is 0.0747. The number of nitrogens with one attached hydrogen (secondary N) is 1. The van der Waals surface area contributed by atoms with Gasteiger partial charge in [0.2, 0.25) is 10.0 Å². The number of carbonyl (C=O) groups excluding carboxylic acids is 1. The molecule has 1 fully saturated rings. The molecular formula is C13H18N2O4S. The summed E-state index contributed by atoms with van der Waals surface area (Å²) >= 11 is 0. The molecule has 6 nitrogen and oxygen atoms in total. The van der Waals surface area contributed by atoms with Gasteiger partial charge >= 0.3 is 6.09 Å². The van der Waals surface area contributed by atoms with E-state index in [1.165, 1.54) is 4.90 Å². The predicted octanol–water partition coefficient (Wildman–Crippen LogP) is 1.03. The summed E-state index contributed by atoms with van der Waals surface area (Å²) in [5.41, 5.74) is 1.95. The van der Waals surface area contributed by atoms with Crippen LogP contribution < -0.4 is 4.72 Å². The molecule has 1 amide bonds. The van der Waals surface area contributed by atoms with E-state index >= 15 is 0 Å². The lowest BCUT2D eigenvalue weighted by Crippen LogP contribution is -2.34. The third-order valence-electron chi connectivity index (χ3n) is 3.35. The summed E-state index contributed by atoms with van der Waals surface area (Å²) in [5, 5.41) is 0. The van der Waals surface area contributed by atoms with E-state index in [1.807, 2.05) is 13.8 Å². The Balaban J connectivity index is 2.04. The molecule has 1 heterocycles. The molecule has 1 N–H and O–H groups in total. The summed E-state index contributed by atoms with van der Waals surface area (Å²) in [4.78, 5) is 12.8. The van der Waals surface area contributed by atoms with Crippen LogP contribution in [0.3, 0.4) is 0 Å². The molecule has 20 heavy (non-hydrogen) atoms. The van der Waals surface area contributed by atoms with E-state index in [1.54, 1.807) is 25.2 Å². The number of nitrogens with zero attached hydrogens (tertiary/aromatic N) is 1. The minimum atomic E-state index is -3.58. The lowest BCUT2D eigenvalue weighted by molar-refractivity contribution is 0.135. The topological polar surface area (TPSA) is 75.7 Å². The molecule has 0 spiro atoms. The number of hydrogen-bond donors (Lipinski definition) is 1. The van der Waals surface area contributed by atoms with Crippen LogP contribution in [0.25, 0.3) is 0 Å². The maximum absolute atomic E-state index is 12.2. The van der Waals surface area contributed by atoms with Crippen molar-refractivity contribution in [1.82, 2.24) is 9.62 Å². The molecule has 1 atom stereocenters. The summed E-state index contributed by atoms with van der Waals surface area (Å²) in [6.07, 6.45) is -0.880. The van der Waals surface area contributed by atoms with E-state index < -0.39 is 22.2 Å². The zero-order chi connectivity index (χ0) is 14.9. The van der Waals surface area contributed by atoms with Crippen LogP contribution in [0, 0.1) is 13.8 Å². The second kappa shape index (κ2) is 5.41. The molecule has 0 aromatic heterocycles. The Hall–Kier alpha value is -1.60. The maximum Gasteiger partial charge on any atom is 0.410 e. The lowest BCUT2D eigenvalue weighted by Gasteiger charge is -2.11. The SMILES string of the molecule is Cc1ccc(S(=O)(=O)NCC2CN(C)C(=O)O2)cc1C. The Labute approximate surface area is 118 Å². The molecule has 0 radical (unpaired) electrons. The number of aryl methyl sites for hydroxylation is 2. The van der Waals surface area contributed by atoms with Gasteiger partial charge in [-0.2, -0.15) is 0 Å². The fourth-order valence-corrected chi connectivity index (χ4v) is 3.07. The predicted molar refractivity (Wildman–Crippen MR) is 74.0 cm³/mol. The van der Waals surface area contributed by atoms with Crippen LogP contribution in [0.1, 0.15) is 11.1 Å². The number of ether oxygens (including phenoxy) is 1. The molecule has 7 heteroatoms. The highest BCUT2D eigenvalue weighted by molar-refractivity contribution is 7.89. The van der Waals surface area contributed by atoms with E-state index in [0.29, 0.717) is 6.54 Å². The third-order valence-corrected chi connectivity index (χ3v) is 4.77. The summed E-state index contributed by atoms with van der Waals surface area (Å²) < 4.78 is 31.8. The highest BCUT2D eigenvalue weighted by Crippen LogP contribution is 2.15. The van der Waals surface area contributed by atoms with Gasteiger partial charge in [0.25, 0.3) is 0 Å². The van der Waals surface area contributed by atoms with Gasteiger partial charge in [0.05, 0.1) is 11.4 Å². The standard InChI is InChI=1S/C13H18N2O4S/c1-9-4-5-12(6-10(9)2)20(17,18)14-7-11-8-15(3)13(16)19-11/h4-6,11,14H,7-8H2,1-3H3. The molecule has 1 aromatic carbocycles. The first-order valence-corrected chi connectivity index (χ1v) is 7.76. The Kier molecular flexibility index (Phi) is 4.01. The number of benzene rings is 1. The quantitative estimate of drug-likeness (QED) is 0.901. The van der Waals surface area contributed by atoms with Crippen LogP contribution in [0.4, 0.5) is 4.79 Å². The monoisotopic (exact) mass is 298 g/mol. The largest absolute Gasteiger partial charge is 0.443 e. The number of amides is 1. The molecule has 0 aliphatic carbocycles. The Bertz CT molecular complexity index is 627. The fourth-order valence-electron chi connectivity index (χ4n) is 1.92. The maximum atomic E-state index is 12.2. The normalized spacial score (nSPS) is 19.2. The first-order chi connectivity index (χ1) is 9.29. The fraction of sp³-hybridized carbons (Fsp3) is 0.462. The van der Waals surface area contributed by atoms with Gasteiger partial charge < -0.3 is 9.64 Å². The zero-order valence-electron chi connectivity index (χ0n) is 11.7. The number of cyclic esters (lactones) is 1. The molecule has 110 valence electrons. The molecule has 0 bridgehead atoms. The first kappa shape index (κ1) is 14.8. The van der Waals surface area contributed by atoms with Gasteiger partial charge in [0, 0.05) is 13.6 Å². The lowest BCUT2D eigenvalue weighted by atomic mass is 10.1. The number of hydrogen-bond acceptors (Lipinski definition) is 4. The van der Waals surface area contributed by atoms with Gasteiger partial charge in [0.1, 0.15) is 6.10 Å². The molecule has 1 aliphatic rings. The van der Waals surface area contributed by atoms with Crippen molar-refractivity contribution in [3.8, 4) is 0 Å². The van der Waals surface area contributed by atoms with E-state index in [2.05, 4.69) is 4.72 Å².